The van der Waals surface area contributed by atoms with Crippen LogP contribution in [-0.4, -0.2) is 75.3 Å². The van der Waals surface area contributed by atoms with Crippen LogP contribution in [-0.2, 0) is 16.1 Å². The van der Waals surface area contributed by atoms with Gasteiger partial charge in [-0.05, 0) is 24.3 Å². The molecule has 1 saturated heterocycles. The number of ether oxygens (including phenoxy) is 1. The highest BCUT2D eigenvalue weighted by Crippen LogP contribution is 2.29. The van der Waals surface area contributed by atoms with E-state index in [1.807, 2.05) is 0 Å². The van der Waals surface area contributed by atoms with Crippen LogP contribution in [0.25, 0.3) is 11.1 Å². The van der Waals surface area contributed by atoms with E-state index in [4.69, 9.17) is 14.7 Å². The maximum atomic E-state index is 15.0. The molecule has 12 heteroatoms. The number of aromatic nitrogens is 4. The maximum Gasteiger partial charge on any atom is 0.414 e. The molecule has 11 nitrogen and oxygen atoms in total. The Morgan fingerprint density at radius 2 is 2.14 bits per heavy atom. The number of benzene rings is 1. The number of amides is 1. The molecule has 1 fully saturated rings. The molecule has 0 unspecified atom stereocenters. The number of anilines is 1. The number of aliphatic hydroxyl groups is 1. The number of nitrogens with zero attached hydrogens (tertiary/aromatic N) is 6. The summed E-state index contributed by atoms with van der Waals surface area (Å²) < 4.78 is 22.0. The van der Waals surface area contributed by atoms with Crippen LogP contribution in [0.1, 0.15) is 12.1 Å². The van der Waals surface area contributed by atoms with Crippen molar-refractivity contribution in [1.82, 2.24) is 25.3 Å². The lowest BCUT2D eigenvalue weighted by Gasteiger charge is -2.14. The van der Waals surface area contributed by atoms with Crippen molar-refractivity contribution in [2.45, 2.75) is 25.2 Å². The van der Waals surface area contributed by atoms with Gasteiger partial charge < -0.3 is 20.0 Å². The van der Waals surface area contributed by atoms with E-state index in [1.165, 1.54) is 11.0 Å². The molecule has 2 atom stereocenters. The summed E-state index contributed by atoms with van der Waals surface area (Å²) in [7, 11) is 0. The molecular formula is C23H24FN7O4. The summed E-state index contributed by atoms with van der Waals surface area (Å²) in [5.41, 5.74) is 2.77. The second-order valence-corrected chi connectivity index (χ2v) is 8.23. The van der Waals surface area contributed by atoms with Crippen molar-refractivity contribution in [3.05, 3.63) is 60.4 Å². The summed E-state index contributed by atoms with van der Waals surface area (Å²) in [6.07, 6.45) is 4.37. The van der Waals surface area contributed by atoms with Crippen molar-refractivity contribution in [1.29, 1.82) is 0 Å². The Balaban J connectivity index is 1.23. The molecule has 0 saturated carbocycles. The molecule has 0 spiro atoms. The SMILES string of the molecule is O=C1O[C@@H](Cn2ccnn2)CN1c1ccc(-c2ccc(C3=NO[C@H](CNCCO)C3)nc2)c(F)c1. The fourth-order valence-electron chi connectivity index (χ4n) is 4.03. The number of aliphatic hydroxyl groups excluding tert-OH is 1. The molecule has 4 heterocycles. The Morgan fingerprint density at radius 3 is 2.89 bits per heavy atom. The number of hydrogen-bond acceptors (Lipinski definition) is 9. The third-order valence-electron chi connectivity index (χ3n) is 5.76. The molecule has 35 heavy (non-hydrogen) atoms. The number of carbonyl (C=O) groups excluding carboxylic acids is 1. The van der Waals surface area contributed by atoms with Gasteiger partial charge in [-0.15, -0.1) is 5.10 Å². The highest BCUT2D eigenvalue weighted by molar-refractivity contribution is 5.99. The van der Waals surface area contributed by atoms with Gasteiger partial charge in [-0.25, -0.2) is 13.9 Å². The topological polar surface area (TPSA) is 127 Å². The second kappa shape index (κ2) is 10.2. The monoisotopic (exact) mass is 481 g/mol. The van der Waals surface area contributed by atoms with Crippen molar-refractivity contribution < 1.29 is 23.9 Å². The average molecular weight is 481 g/mol. The minimum Gasteiger partial charge on any atom is -0.442 e. The molecule has 2 N–H and O–H groups in total. The number of cyclic esters (lactones) is 1. The number of nitrogens with one attached hydrogen (secondary N) is 1. The second-order valence-electron chi connectivity index (χ2n) is 8.23. The molecule has 2 aliphatic rings. The zero-order chi connectivity index (χ0) is 24.2. The fraction of sp³-hybridized carbons (Fsp3) is 0.348. The van der Waals surface area contributed by atoms with E-state index < -0.39 is 18.0 Å². The molecule has 2 aromatic heterocycles. The first-order valence-corrected chi connectivity index (χ1v) is 11.2. The predicted molar refractivity (Wildman–Crippen MR) is 123 cm³/mol. The van der Waals surface area contributed by atoms with Crippen LogP contribution in [0.15, 0.2) is 54.1 Å². The summed E-state index contributed by atoms with van der Waals surface area (Å²) in [6.45, 7) is 1.79. The van der Waals surface area contributed by atoms with E-state index in [1.54, 1.807) is 47.5 Å². The molecule has 0 radical (unpaired) electrons. The first kappa shape index (κ1) is 22.9. The smallest absolute Gasteiger partial charge is 0.414 e. The fourth-order valence-corrected chi connectivity index (χ4v) is 4.03. The Bertz CT molecular complexity index is 1200. The zero-order valence-electron chi connectivity index (χ0n) is 18.7. The number of rotatable bonds is 9. The minimum absolute atomic E-state index is 0.0631. The van der Waals surface area contributed by atoms with Crippen molar-refractivity contribution in [3.63, 3.8) is 0 Å². The van der Waals surface area contributed by atoms with Crippen LogP contribution in [0, 0.1) is 5.82 Å². The Labute approximate surface area is 200 Å². The van der Waals surface area contributed by atoms with E-state index >= 15 is 4.39 Å². The Hall–Kier alpha value is -3.90. The zero-order valence-corrected chi connectivity index (χ0v) is 18.7. The van der Waals surface area contributed by atoms with E-state index in [-0.39, 0.29) is 19.3 Å². The molecule has 1 amide bonds. The number of hydrogen-bond donors (Lipinski definition) is 2. The summed E-state index contributed by atoms with van der Waals surface area (Å²) in [4.78, 5) is 23.6. The van der Waals surface area contributed by atoms with Gasteiger partial charge in [0.1, 0.15) is 23.7 Å². The van der Waals surface area contributed by atoms with Crippen molar-refractivity contribution in [3.8, 4) is 11.1 Å². The summed E-state index contributed by atoms with van der Waals surface area (Å²) in [5, 5.41) is 23.6. The molecule has 0 bridgehead atoms. The summed E-state index contributed by atoms with van der Waals surface area (Å²) >= 11 is 0. The summed E-state index contributed by atoms with van der Waals surface area (Å²) in [6, 6.07) is 8.18. The van der Waals surface area contributed by atoms with Crippen LogP contribution in [0.4, 0.5) is 14.9 Å². The predicted octanol–water partition coefficient (Wildman–Crippen LogP) is 1.58. The van der Waals surface area contributed by atoms with Gasteiger partial charge in [-0.3, -0.25) is 9.88 Å². The molecule has 5 rings (SSSR count). The van der Waals surface area contributed by atoms with Gasteiger partial charge >= 0.3 is 6.09 Å². The standard InChI is InChI=1S/C23H24FN7O4/c24-20-9-16(31-14-18(34-23(31)33)13-30-7-5-27-29-30)2-3-19(20)15-1-4-21(26-11-15)22-10-17(35-28-22)12-25-6-8-32/h1-5,7,9,11,17-18,25,32H,6,8,10,12-14H2/t17-,18-/m0/s1. The van der Waals surface area contributed by atoms with E-state index in [2.05, 4.69) is 25.8 Å². The van der Waals surface area contributed by atoms with E-state index in [9.17, 15) is 4.79 Å². The third-order valence-corrected chi connectivity index (χ3v) is 5.76. The highest BCUT2D eigenvalue weighted by atomic mass is 19.1. The van der Waals surface area contributed by atoms with E-state index in [0.717, 1.165) is 5.71 Å². The summed E-state index contributed by atoms with van der Waals surface area (Å²) in [5.74, 6) is -0.471. The largest absolute Gasteiger partial charge is 0.442 e. The molecule has 182 valence electrons. The van der Waals surface area contributed by atoms with Gasteiger partial charge in [0.2, 0.25) is 0 Å². The maximum absolute atomic E-state index is 15.0. The number of carbonyl (C=O) groups is 1. The molecule has 1 aromatic carbocycles. The van der Waals surface area contributed by atoms with Crippen LogP contribution < -0.4 is 10.2 Å². The van der Waals surface area contributed by atoms with Gasteiger partial charge in [0.25, 0.3) is 0 Å². The lowest BCUT2D eigenvalue weighted by molar-refractivity contribution is 0.0841. The Morgan fingerprint density at radius 1 is 1.23 bits per heavy atom. The van der Waals surface area contributed by atoms with Crippen molar-refractivity contribution >= 4 is 17.5 Å². The van der Waals surface area contributed by atoms with Crippen LogP contribution in [0.3, 0.4) is 0 Å². The number of halogens is 1. The molecule has 2 aliphatic heterocycles. The van der Waals surface area contributed by atoms with Crippen LogP contribution in [0.5, 0.6) is 0 Å². The van der Waals surface area contributed by atoms with E-state index in [0.29, 0.717) is 48.6 Å². The number of pyridine rings is 1. The normalized spacial score (nSPS) is 19.5. The van der Waals surface area contributed by atoms with Gasteiger partial charge in [-0.1, -0.05) is 16.4 Å². The number of oxime groups is 1. The quantitative estimate of drug-likeness (QED) is 0.441. The lowest BCUT2D eigenvalue weighted by atomic mass is 10.0. The van der Waals surface area contributed by atoms with Gasteiger partial charge in [-0.2, -0.15) is 0 Å². The Kier molecular flexibility index (Phi) is 6.64. The first-order chi connectivity index (χ1) is 17.1. The highest BCUT2D eigenvalue weighted by Gasteiger charge is 2.33. The molecule has 0 aliphatic carbocycles. The van der Waals surface area contributed by atoms with Gasteiger partial charge in [0.05, 0.1) is 37.3 Å². The lowest BCUT2D eigenvalue weighted by Crippen LogP contribution is -2.29. The minimum atomic E-state index is -0.530. The molecular weight excluding hydrogens is 457 g/mol. The first-order valence-electron chi connectivity index (χ1n) is 11.2. The van der Waals surface area contributed by atoms with Crippen LogP contribution in [0.2, 0.25) is 0 Å². The van der Waals surface area contributed by atoms with Gasteiger partial charge in [0.15, 0.2) is 0 Å². The third kappa shape index (κ3) is 5.12. The molecule has 3 aromatic rings. The van der Waals surface area contributed by atoms with Crippen molar-refractivity contribution in [2.24, 2.45) is 5.16 Å². The van der Waals surface area contributed by atoms with Crippen LogP contribution >= 0.6 is 0 Å². The van der Waals surface area contributed by atoms with Crippen molar-refractivity contribution in [2.75, 3.05) is 31.1 Å². The average Bonchev–Trinajstić information content (AvgIpc) is 3.62. The van der Waals surface area contributed by atoms with Gasteiger partial charge in [0, 0.05) is 43.0 Å².